The molecule has 0 aliphatic rings. The van der Waals surface area contributed by atoms with E-state index in [2.05, 4.69) is 167 Å². The Hall–Kier alpha value is -16.1. The van der Waals surface area contributed by atoms with Gasteiger partial charge in [0.05, 0.1) is 80.0 Å². The Labute approximate surface area is 644 Å². The summed E-state index contributed by atoms with van der Waals surface area (Å²) in [5.74, 6) is 2.86. The Morgan fingerprint density at radius 1 is 0.188 bits per heavy atom. The molecule has 4 heterocycles. The Balaban J connectivity index is 0.924. The second-order valence-corrected chi connectivity index (χ2v) is 27.3. The molecule has 0 amide bonds. The third-order valence-electron chi connectivity index (χ3n) is 20.9. The summed E-state index contributed by atoms with van der Waals surface area (Å²) in [6, 6.07) is 127. The van der Waals surface area contributed by atoms with Gasteiger partial charge in [-0.1, -0.05) is 261 Å². The van der Waals surface area contributed by atoms with E-state index in [9.17, 15) is 21.0 Å². The lowest BCUT2D eigenvalue weighted by molar-refractivity contribution is 1.07. The van der Waals surface area contributed by atoms with Crippen LogP contribution >= 0.6 is 0 Å². The van der Waals surface area contributed by atoms with E-state index in [1.807, 2.05) is 218 Å². The molecule has 12 heteroatoms. The van der Waals surface area contributed by atoms with E-state index in [0.29, 0.717) is 57.2 Å². The molecule has 0 unspecified atom stereocenters. The van der Waals surface area contributed by atoms with Gasteiger partial charge < -0.3 is 9.13 Å². The van der Waals surface area contributed by atoms with Crippen LogP contribution in [0, 0.1) is 45.3 Å². The Kier molecular flexibility index (Phi) is 16.8. The van der Waals surface area contributed by atoms with Gasteiger partial charge in [0.15, 0.2) is 34.9 Å². The number of aromatic nitrogens is 8. The Morgan fingerprint density at radius 2 is 0.420 bits per heavy atom. The van der Waals surface area contributed by atoms with Crippen molar-refractivity contribution >= 4 is 43.6 Å². The van der Waals surface area contributed by atoms with Crippen molar-refractivity contribution in [2.24, 2.45) is 0 Å². The maximum absolute atomic E-state index is 10.6. The quantitative estimate of drug-likeness (QED) is 0.102. The van der Waals surface area contributed by atoms with Crippen LogP contribution in [0.5, 0.6) is 0 Å². The molecule has 0 radical (unpaired) electrons. The van der Waals surface area contributed by atoms with Gasteiger partial charge in [-0.25, -0.2) is 29.9 Å². The van der Waals surface area contributed by atoms with Crippen molar-refractivity contribution in [2.45, 2.75) is 0 Å². The van der Waals surface area contributed by atoms with Crippen LogP contribution in [-0.2, 0) is 0 Å². The highest BCUT2D eigenvalue weighted by atomic mass is 15.1. The minimum atomic E-state index is 0.438. The number of hydrogen-bond acceptors (Lipinski definition) is 10. The number of fused-ring (bicyclic) bond motifs is 6. The third-order valence-corrected chi connectivity index (χ3v) is 20.9. The van der Waals surface area contributed by atoms with Gasteiger partial charge in [-0.15, -0.1) is 0 Å². The van der Waals surface area contributed by atoms with Gasteiger partial charge in [0.1, 0.15) is 0 Å². The number of rotatable bonds is 14. The Morgan fingerprint density at radius 3 is 0.696 bits per heavy atom. The smallest absolute Gasteiger partial charge is 0.164 e. The molecule has 0 N–H and O–H groups in total. The average molecular weight is 1430 g/mol. The largest absolute Gasteiger partial charge is 0.309 e. The molecule has 0 aliphatic heterocycles. The number of nitriles is 4. The minimum Gasteiger partial charge on any atom is -0.309 e. The van der Waals surface area contributed by atoms with Crippen LogP contribution < -0.4 is 0 Å². The van der Waals surface area contributed by atoms with E-state index in [1.165, 1.54) is 0 Å². The zero-order valence-corrected chi connectivity index (χ0v) is 59.9. The molecular formula is C100H58N12. The van der Waals surface area contributed by atoms with E-state index in [-0.39, 0.29) is 0 Å². The van der Waals surface area contributed by atoms with E-state index >= 15 is 0 Å². The number of hydrogen-bond donors (Lipinski definition) is 0. The summed E-state index contributed by atoms with van der Waals surface area (Å²) >= 11 is 0. The highest BCUT2D eigenvalue weighted by molar-refractivity contribution is 6.15. The van der Waals surface area contributed by atoms with Crippen molar-refractivity contribution in [3.63, 3.8) is 0 Å². The summed E-state index contributed by atoms with van der Waals surface area (Å²) in [7, 11) is 0. The molecule has 0 aliphatic carbocycles. The molecule has 0 spiro atoms. The summed E-state index contributed by atoms with van der Waals surface area (Å²) in [6.07, 6.45) is 0. The molecule has 518 valence electrons. The van der Waals surface area contributed by atoms with E-state index < -0.39 is 0 Å². The molecular weight excluding hydrogens is 1370 g/mol. The van der Waals surface area contributed by atoms with E-state index in [0.717, 1.165) is 155 Å². The van der Waals surface area contributed by atoms with Gasteiger partial charge >= 0.3 is 0 Å². The lowest BCUT2D eigenvalue weighted by atomic mass is 9.91. The van der Waals surface area contributed by atoms with Crippen molar-refractivity contribution in [3.8, 4) is 171 Å². The first-order valence-corrected chi connectivity index (χ1v) is 36.6. The first-order chi connectivity index (χ1) is 55.4. The van der Waals surface area contributed by atoms with Gasteiger partial charge in [0.25, 0.3) is 0 Å². The molecule has 112 heavy (non-hydrogen) atoms. The van der Waals surface area contributed by atoms with Crippen molar-refractivity contribution in [2.75, 3.05) is 0 Å². The van der Waals surface area contributed by atoms with Crippen molar-refractivity contribution in [3.05, 3.63) is 374 Å². The minimum absolute atomic E-state index is 0.438. The SMILES string of the molecule is N#Cc1ccccc1-c1ccc2c(c1)c1cc(-c3ccccc3C#N)ccc1n2-c1cccc(-c2nc(-c3ccccc3)nc(-c3ccccc3)n2)c1-c1cccc(-c2c(-c3nc(-c4ccccc4)nc(-c4ccccc4)n3)cccc2-n2c3ccc(-c4ccccc4C#N)cc3c3cc(-c4ccccc4C#N)ccc32)c1. The van der Waals surface area contributed by atoms with Gasteiger partial charge in [0.2, 0.25) is 0 Å². The monoisotopic (exact) mass is 1430 g/mol. The molecule has 0 saturated carbocycles. The van der Waals surface area contributed by atoms with Crippen molar-refractivity contribution in [1.29, 1.82) is 21.0 Å². The molecule has 0 bridgehead atoms. The summed E-state index contributed by atoms with van der Waals surface area (Å²) < 4.78 is 4.64. The zero-order chi connectivity index (χ0) is 75.2. The molecule has 0 atom stereocenters. The standard InChI is InChI=1S/C100H58N12/c101-59-73-32-13-17-38-77(73)67-46-50-87-83(55-67)84-56-68(78-39-18-14-33-74(78)60-102)47-51-88(84)111(87)91-44-22-42-81(99-107-95(63-24-5-1-6-25-63)105-96(108-99)64-26-7-2-8-27-64)93(91)71-36-21-37-72(54-71)94-82(100-109-97(65-28-9-3-10-29-65)106-98(110-100)66-30-11-4-12-31-66)43-23-45-92(94)112-89-52-48-69(79-40-19-15-34-75(79)61-103)57-85(89)86-58-70(49-53-90(86)112)80-41-20-16-35-76(80)62-104/h1-58H. The summed E-state index contributed by atoms with van der Waals surface area (Å²) in [5.41, 5.74) is 22.0. The number of benzene rings is 15. The Bertz CT molecular complexity index is 6410. The fourth-order valence-corrected chi connectivity index (χ4v) is 15.7. The normalized spacial score (nSPS) is 11.2. The molecule has 12 nitrogen and oxygen atoms in total. The number of nitrogens with zero attached hydrogens (tertiary/aromatic N) is 12. The maximum atomic E-state index is 10.6. The van der Waals surface area contributed by atoms with Gasteiger partial charge in [-0.05, 0) is 147 Å². The third kappa shape index (κ3) is 11.8. The highest BCUT2D eigenvalue weighted by Gasteiger charge is 2.28. The molecule has 0 fully saturated rings. The van der Waals surface area contributed by atoms with Crippen LogP contribution in [0.4, 0.5) is 0 Å². The molecule has 4 aromatic heterocycles. The van der Waals surface area contributed by atoms with Crippen LogP contribution in [0.1, 0.15) is 22.3 Å². The summed E-state index contributed by atoms with van der Waals surface area (Å²) in [5, 5.41) is 46.0. The van der Waals surface area contributed by atoms with Crippen LogP contribution in [0.2, 0.25) is 0 Å². The topological polar surface area (TPSA) is 182 Å². The maximum Gasteiger partial charge on any atom is 0.164 e. The van der Waals surface area contributed by atoms with Crippen LogP contribution in [0.3, 0.4) is 0 Å². The fraction of sp³-hybridized carbons (Fsp3) is 0. The van der Waals surface area contributed by atoms with Crippen LogP contribution in [0.25, 0.3) is 190 Å². The average Bonchev–Trinajstić information content (AvgIpc) is 1.54. The van der Waals surface area contributed by atoms with E-state index in [1.54, 1.807) is 0 Å². The summed E-state index contributed by atoms with van der Waals surface area (Å²) in [4.78, 5) is 32.4. The molecule has 0 saturated heterocycles. The highest BCUT2D eigenvalue weighted by Crippen LogP contribution is 2.48. The zero-order valence-electron chi connectivity index (χ0n) is 59.9. The first kappa shape index (κ1) is 66.6. The van der Waals surface area contributed by atoms with Crippen LogP contribution in [-0.4, -0.2) is 39.0 Å². The lowest BCUT2D eigenvalue weighted by Crippen LogP contribution is -2.05. The van der Waals surface area contributed by atoms with E-state index in [4.69, 9.17) is 29.9 Å². The van der Waals surface area contributed by atoms with Crippen molar-refractivity contribution in [1.82, 2.24) is 39.0 Å². The van der Waals surface area contributed by atoms with Gasteiger partial charge in [-0.2, -0.15) is 21.0 Å². The molecule has 15 aromatic carbocycles. The predicted molar refractivity (Wildman–Crippen MR) is 446 cm³/mol. The van der Waals surface area contributed by atoms with Gasteiger partial charge in [0, 0.05) is 66.1 Å². The lowest BCUT2D eigenvalue weighted by Gasteiger charge is -2.21. The molecule has 19 aromatic rings. The van der Waals surface area contributed by atoms with Crippen LogP contribution in [0.15, 0.2) is 352 Å². The second kappa shape index (κ2) is 28.3. The fourth-order valence-electron chi connectivity index (χ4n) is 15.7. The first-order valence-electron chi connectivity index (χ1n) is 36.6. The molecule has 19 rings (SSSR count). The second-order valence-electron chi connectivity index (χ2n) is 27.3. The van der Waals surface area contributed by atoms with Gasteiger partial charge in [-0.3, -0.25) is 0 Å². The predicted octanol–water partition coefficient (Wildman–Crippen LogP) is 23.7. The summed E-state index contributed by atoms with van der Waals surface area (Å²) in [6.45, 7) is 0. The van der Waals surface area contributed by atoms with Crippen molar-refractivity contribution < 1.29 is 0 Å².